The molecule has 0 aliphatic rings. The van der Waals surface area contributed by atoms with Crippen molar-refractivity contribution < 1.29 is 9.90 Å². The first-order chi connectivity index (χ1) is 8.99. The van der Waals surface area contributed by atoms with Crippen molar-refractivity contribution in [3.8, 4) is 0 Å². The number of aliphatic hydroxyl groups is 1. The van der Waals surface area contributed by atoms with Crippen LogP contribution in [0.25, 0.3) is 0 Å². The van der Waals surface area contributed by atoms with Gasteiger partial charge >= 0.3 is 0 Å². The Labute approximate surface area is 119 Å². The monoisotopic (exact) mass is 281 g/mol. The number of carbonyl (C=O) groups excluding carboxylic acids is 1. The van der Waals surface area contributed by atoms with Crippen LogP contribution in [0.4, 0.5) is 0 Å². The molecular weight excluding hydrogens is 258 g/mol. The number of nitrogens with one attached hydrogen (secondary N) is 1. The number of aryl methyl sites for hydroxylation is 2. The van der Waals surface area contributed by atoms with Crippen molar-refractivity contribution in [2.24, 2.45) is 0 Å². The largest absolute Gasteiger partial charge is 0.393 e. The van der Waals surface area contributed by atoms with E-state index in [9.17, 15) is 4.79 Å². The van der Waals surface area contributed by atoms with Crippen molar-refractivity contribution in [3.05, 3.63) is 29.3 Å². The summed E-state index contributed by atoms with van der Waals surface area (Å²) in [4.78, 5) is 12.8. The van der Waals surface area contributed by atoms with Gasteiger partial charge in [-0.1, -0.05) is 17.7 Å². The second kappa shape index (κ2) is 8.23. The van der Waals surface area contributed by atoms with E-state index in [0.29, 0.717) is 12.3 Å². The van der Waals surface area contributed by atoms with Crippen LogP contribution in [-0.4, -0.2) is 29.4 Å². The van der Waals surface area contributed by atoms with E-state index in [-0.39, 0.29) is 12.0 Å². The number of benzene rings is 1. The van der Waals surface area contributed by atoms with Crippen LogP contribution < -0.4 is 5.32 Å². The van der Waals surface area contributed by atoms with Gasteiger partial charge in [0.15, 0.2) is 0 Å². The fraction of sp³-hybridized carbons (Fsp3) is 0.533. The van der Waals surface area contributed by atoms with Crippen LogP contribution in [0.2, 0.25) is 0 Å². The molecular formula is C15H23NO2S. The fourth-order valence-corrected chi connectivity index (χ4v) is 2.64. The molecule has 3 nitrogen and oxygen atoms in total. The zero-order valence-electron chi connectivity index (χ0n) is 11.9. The Morgan fingerprint density at radius 3 is 2.84 bits per heavy atom. The Kier molecular flexibility index (Phi) is 6.95. The molecule has 1 unspecified atom stereocenters. The van der Waals surface area contributed by atoms with Gasteiger partial charge in [0.05, 0.1) is 11.9 Å². The lowest BCUT2D eigenvalue weighted by molar-refractivity contribution is -0.118. The lowest BCUT2D eigenvalue weighted by Gasteiger charge is -2.08. The van der Waals surface area contributed by atoms with Gasteiger partial charge in [0, 0.05) is 11.4 Å². The molecule has 4 heteroatoms. The van der Waals surface area contributed by atoms with Crippen LogP contribution in [0, 0.1) is 13.8 Å². The van der Waals surface area contributed by atoms with E-state index < -0.39 is 0 Å². The fourth-order valence-electron chi connectivity index (χ4n) is 1.68. The maximum absolute atomic E-state index is 11.7. The highest BCUT2D eigenvalue weighted by molar-refractivity contribution is 8.00. The van der Waals surface area contributed by atoms with E-state index in [1.807, 2.05) is 0 Å². The smallest absolute Gasteiger partial charge is 0.230 e. The van der Waals surface area contributed by atoms with Gasteiger partial charge in [-0.25, -0.2) is 0 Å². The van der Waals surface area contributed by atoms with E-state index in [0.717, 1.165) is 12.8 Å². The first kappa shape index (κ1) is 16.1. The summed E-state index contributed by atoms with van der Waals surface area (Å²) in [5.74, 6) is 0.496. The predicted octanol–water partition coefficient (Wildman–Crippen LogP) is 2.67. The number of hydrogen-bond donors (Lipinski definition) is 2. The Morgan fingerprint density at radius 2 is 2.16 bits per heavy atom. The third kappa shape index (κ3) is 6.64. The Morgan fingerprint density at radius 1 is 1.42 bits per heavy atom. The number of rotatable bonds is 7. The highest BCUT2D eigenvalue weighted by Gasteiger charge is 2.05. The second-order valence-electron chi connectivity index (χ2n) is 4.90. The summed E-state index contributed by atoms with van der Waals surface area (Å²) < 4.78 is 0. The Hall–Kier alpha value is -1.00. The van der Waals surface area contributed by atoms with E-state index >= 15 is 0 Å². The summed E-state index contributed by atoms with van der Waals surface area (Å²) in [6.45, 7) is 6.51. The summed E-state index contributed by atoms with van der Waals surface area (Å²) in [6.07, 6.45) is 1.25. The lowest BCUT2D eigenvalue weighted by Crippen LogP contribution is -2.26. The van der Waals surface area contributed by atoms with Crippen molar-refractivity contribution in [3.63, 3.8) is 0 Å². The average Bonchev–Trinajstić information content (AvgIpc) is 2.35. The molecule has 0 bridgehead atoms. The van der Waals surface area contributed by atoms with Crippen LogP contribution >= 0.6 is 11.8 Å². The number of amides is 1. The average molecular weight is 281 g/mol. The molecule has 0 radical (unpaired) electrons. The Balaban J connectivity index is 2.28. The molecule has 1 aromatic rings. The van der Waals surface area contributed by atoms with E-state index in [1.54, 1.807) is 18.7 Å². The predicted molar refractivity (Wildman–Crippen MR) is 80.6 cm³/mol. The van der Waals surface area contributed by atoms with Crippen LogP contribution in [0.3, 0.4) is 0 Å². The molecule has 0 saturated heterocycles. The molecule has 19 heavy (non-hydrogen) atoms. The first-order valence-electron chi connectivity index (χ1n) is 6.64. The maximum atomic E-state index is 11.7. The minimum absolute atomic E-state index is 0.0523. The summed E-state index contributed by atoms with van der Waals surface area (Å²) in [5, 5.41) is 12.0. The number of aliphatic hydroxyl groups excluding tert-OH is 1. The molecule has 0 fully saturated rings. The summed E-state index contributed by atoms with van der Waals surface area (Å²) in [5.41, 5.74) is 2.42. The quantitative estimate of drug-likeness (QED) is 0.597. The van der Waals surface area contributed by atoms with Gasteiger partial charge in [0.25, 0.3) is 0 Å². The zero-order chi connectivity index (χ0) is 14.3. The van der Waals surface area contributed by atoms with E-state index in [1.165, 1.54) is 16.0 Å². The van der Waals surface area contributed by atoms with Gasteiger partial charge in [0.2, 0.25) is 5.91 Å². The van der Waals surface area contributed by atoms with Gasteiger partial charge in [-0.3, -0.25) is 4.79 Å². The molecule has 0 heterocycles. The van der Waals surface area contributed by atoms with Crippen molar-refractivity contribution in [2.75, 3.05) is 12.3 Å². The molecule has 0 aliphatic carbocycles. The van der Waals surface area contributed by atoms with Crippen LogP contribution in [0.5, 0.6) is 0 Å². The first-order valence-corrected chi connectivity index (χ1v) is 7.62. The van der Waals surface area contributed by atoms with Crippen molar-refractivity contribution in [1.82, 2.24) is 5.32 Å². The van der Waals surface area contributed by atoms with Crippen LogP contribution in [0.15, 0.2) is 23.1 Å². The molecule has 106 valence electrons. The number of thioether (sulfide) groups is 1. The van der Waals surface area contributed by atoms with Crippen LogP contribution in [-0.2, 0) is 4.79 Å². The van der Waals surface area contributed by atoms with E-state index in [2.05, 4.69) is 37.4 Å². The zero-order valence-corrected chi connectivity index (χ0v) is 12.7. The normalized spacial score (nSPS) is 12.2. The van der Waals surface area contributed by atoms with Crippen molar-refractivity contribution in [2.45, 2.75) is 44.6 Å². The van der Waals surface area contributed by atoms with Gasteiger partial charge in [-0.05, 0) is 45.2 Å². The maximum Gasteiger partial charge on any atom is 0.230 e. The molecule has 0 saturated carbocycles. The summed E-state index contributed by atoms with van der Waals surface area (Å²) >= 11 is 1.57. The molecule has 2 N–H and O–H groups in total. The Bertz CT molecular complexity index is 419. The highest BCUT2D eigenvalue weighted by Crippen LogP contribution is 2.23. The van der Waals surface area contributed by atoms with Crippen molar-refractivity contribution >= 4 is 17.7 Å². The molecule has 1 amide bonds. The number of carbonyl (C=O) groups is 1. The third-order valence-corrected chi connectivity index (χ3v) is 3.98. The summed E-state index contributed by atoms with van der Waals surface area (Å²) in [6, 6.07) is 6.27. The van der Waals surface area contributed by atoms with Gasteiger partial charge in [0.1, 0.15) is 0 Å². The molecule has 1 aromatic carbocycles. The topological polar surface area (TPSA) is 49.3 Å². The van der Waals surface area contributed by atoms with E-state index in [4.69, 9.17) is 5.11 Å². The minimum Gasteiger partial charge on any atom is -0.393 e. The standard InChI is InChI=1S/C15H23NO2S/c1-11-6-7-12(2)14(9-11)19-10-15(18)16-8-4-5-13(3)17/h6-7,9,13,17H,4-5,8,10H2,1-3H3,(H,16,18). The molecule has 0 aliphatic heterocycles. The van der Waals surface area contributed by atoms with Gasteiger partial charge in [-0.2, -0.15) is 0 Å². The lowest BCUT2D eigenvalue weighted by atomic mass is 10.2. The third-order valence-electron chi connectivity index (χ3n) is 2.82. The summed E-state index contributed by atoms with van der Waals surface area (Å²) in [7, 11) is 0. The second-order valence-corrected chi connectivity index (χ2v) is 5.92. The molecule has 1 atom stereocenters. The highest BCUT2D eigenvalue weighted by atomic mass is 32.2. The minimum atomic E-state index is -0.291. The van der Waals surface area contributed by atoms with Gasteiger partial charge < -0.3 is 10.4 Å². The molecule has 0 spiro atoms. The number of hydrogen-bond acceptors (Lipinski definition) is 3. The molecule has 1 rings (SSSR count). The van der Waals surface area contributed by atoms with Crippen molar-refractivity contribution in [1.29, 1.82) is 0 Å². The SMILES string of the molecule is Cc1ccc(C)c(SCC(=O)NCCCC(C)O)c1. The molecule has 0 aromatic heterocycles. The van der Waals surface area contributed by atoms with Crippen LogP contribution in [0.1, 0.15) is 30.9 Å². The van der Waals surface area contributed by atoms with Gasteiger partial charge in [-0.15, -0.1) is 11.8 Å².